The summed E-state index contributed by atoms with van der Waals surface area (Å²) in [5.41, 5.74) is 10.6. The fourth-order valence-corrected chi connectivity index (χ4v) is 2.05. The molecule has 0 unspecified atom stereocenters. The van der Waals surface area contributed by atoms with Gasteiger partial charge in [-0.15, -0.1) is 0 Å². The average molecular weight is 202 g/mol. The van der Waals surface area contributed by atoms with Crippen molar-refractivity contribution in [2.45, 2.75) is 27.2 Å². The number of fused-ring (bicyclic) bond motifs is 1. The lowest BCUT2D eigenvalue weighted by Gasteiger charge is -2.27. The Bertz CT molecular complexity index is 411. The van der Waals surface area contributed by atoms with Crippen LogP contribution in [0.2, 0.25) is 0 Å². The molecule has 0 bridgehead atoms. The van der Waals surface area contributed by atoms with Gasteiger partial charge in [0.1, 0.15) is 0 Å². The summed E-state index contributed by atoms with van der Waals surface area (Å²) in [5, 5.41) is 0. The average Bonchev–Trinajstić information content (AvgIpc) is 2.15. The number of nitrogens with two attached hydrogens (primary N) is 1. The van der Waals surface area contributed by atoms with Gasteiger partial charge in [-0.2, -0.15) is 0 Å². The summed E-state index contributed by atoms with van der Waals surface area (Å²) in [6.45, 7) is 7.50. The SMILES string of the molecule is CC(C)(C)C1=NCCc2ccc(N)cc21. The van der Waals surface area contributed by atoms with Crippen molar-refractivity contribution in [3.05, 3.63) is 29.3 Å². The van der Waals surface area contributed by atoms with Crippen molar-refractivity contribution in [2.75, 3.05) is 12.3 Å². The van der Waals surface area contributed by atoms with E-state index in [-0.39, 0.29) is 5.41 Å². The molecular weight excluding hydrogens is 184 g/mol. The Balaban J connectivity index is 2.54. The number of rotatable bonds is 0. The van der Waals surface area contributed by atoms with Gasteiger partial charge in [-0.05, 0) is 24.1 Å². The highest BCUT2D eigenvalue weighted by atomic mass is 14.8. The van der Waals surface area contributed by atoms with Crippen LogP contribution in [0.15, 0.2) is 23.2 Å². The largest absolute Gasteiger partial charge is 0.399 e. The van der Waals surface area contributed by atoms with Crippen molar-refractivity contribution >= 4 is 11.4 Å². The van der Waals surface area contributed by atoms with Gasteiger partial charge in [-0.3, -0.25) is 4.99 Å². The number of nitrogens with zero attached hydrogens (tertiary/aromatic N) is 1. The Labute approximate surface area is 91.2 Å². The zero-order chi connectivity index (χ0) is 11.1. The summed E-state index contributed by atoms with van der Waals surface area (Å²) in [6.07, 6.45) is 1.04. The highest BCUT2D eigenvalue weighted by Gasteiger charge is 2.24. The Hall–Kier alpha value is -1.31. The van der Waals surface area contributed by atoms with Crippen LogP contribution in [-0.2, 0) is 6.42 Å². The molecule has 0 aromatic heterocycles. The van der Waals surface area contributed by atoms with Crippen molar-refractivity contribution in [1.29, 1.82) is 0 Å². The maximum absolute atomic E-state index is 5.83. The number of benzene rings is 1. The lowest BCUT2D eigenvalue weighted by molar-refractivity contribution is 0.585. The van der Waals surface area contributed by atoms with Gasteiger partial charge in [-0.25, -0.2) is 0 Å². The van der Waals surface area contributed by atoms with E-state index in [4.69, 9.17) is 5.73 Å². The summed E-state index contributed by atoms with van der Waals surface area (Å²) in [6, 6.07) is 6.16. The van der Waals surface area contributed by atoms with Crippen LogP contribution < -0.4 is 5.73 Å². The fourth-order valence-electron chi connectivity index (χ4n) is 2.05. The molecule has 80 valence electrons. The molecule has 1 heterocycles. The molecule has 2 rings (SSSR count). The van der Waals surface area contributed by atoms with Crippen LogP contribution >= 0.6 is 0 Å². The predicted molar refractivity (Wildman–Crippen MR) is 65.4 cm³/mol. The standard InChI is InChI=1S/C13H18N2/c1-13(2,3)12-11-8-10(14)5-4-9(11)6-7-15-12/h4-5,8H,6-7,14H2,1-3H3. The summed E-state index contributed by atoms with van der Waals surface area (Å²) < 4.78 is 0. The van der Waals surface area contributed by atoms with E-state index in [1.54, 1.807) is 0 Å². The summed E-state index contributed by atoms with van der Waals surface area (Å²) in [5.74, 6) is 0. The Morgan fingerprint density at radius 3 is 2.67 bits per heavy atom. The van der Waals surface area contributed by atoms with Gasteiger partial charge in [0.15, 0.2) is 0 Å². The van der Waals surface area contributed by atoms with Crippen LogP contribution in [-0.4, -0.2) is 12.3 Å². The zero-order valence-corrected chi connectivity index (χ0v) is 9.67. The molecule has 0 aliphatic carbocycles. The van der Waals surface area contributed by atoms with Crippen molar-refractivity contribution < 1.29 is 0 Å². The first kappa shape index (κ1) is 10.2. The molecule has 1 aromatic rings. The maximum atomic E-state index is 5.83. The molecule has 0 radical (unpaired) electrons. The minimum Gasteiger partial charge on any atom is -0.399 e. The molecule has 0 atom stereocenters. The van der Waals surface area contributed by atoms with E-state index in [0.29, 0.717) is 0 Å². The Morgan fingerprint density at radius 1 is 1.27 bits per heavy atom. The highest BCUT2D eigenvalue weighted by molar-refractivity contribution is 6.06. The first-order valence-corrected chi connectivity index (χ1v) is 5.42. The van der Waals surface area contributed by atoms with Crippen molar-refractivity contribution in [1.82, 2.24) is 0 Å². The first-order valence-electron chi connectivity index (χ1n) is 5.42. The second-order valence-electron chi connectivity index (χ2n) is 5.15. The highest BCUT2D eigenvalue weighted by Crippen LogP contribution is 2.28. The number of anilines is 1. The van der Waals surface area contributed by atoms with E-state index in [1.165, 1.54) is 16.8 Å². The fraction of sp³-hybridized carbons (Fsp3) is 0.462. The molecule has 0 saturated carbocycles. The molecule has 0 fully saturated rings. The van der Waals surface area contributed by atoms with Gasteiger partial charge in [0, 0.05) is 28.9 Å². The molecule has 1 aliphatic rings. The van der Waals surface area contributed by atoms with Crippen molar-refractivity contribution in [3.8, 4) is 0 Å². The molecule has 1 aliphatic heterocycles. The predicted octanol–water partition coefficient (Wildman–Crippen LogP) is 2.66. The van der Waals surface area contributed by atoms with E-state index in [1.807, 2.05) is 6.07 Å². The Morgan fingerprint density at radius 2 is 2.00 bits per heavy atom. The summed E-state index contributed by atoms with van der Waals surface area (Å²) in [7, 11) is 0. The van der Waals surface area contributed by atoms with Crippen LogP contribution in [0.25, 0.3) is 0 Å². The molecule has 0 saturated heterocycles. The van der Waals surface area contributed by atoms with Crippen LogP contribution in [0.4, 0.5) is 5.69 Å². The van der Waals surface area contributed by atoms with Gasteiger partial charge in [0.2, 0.25) is 0 Å². The van der Waals surface area contributed by atoms with Crippen LogP contribution in [0.1, 0.15) is 31.9 Å². The quantitative estimate of drug-likeness (QED) is 0.645. The number of hydrogen-bond acceptors (Lipinski definition) is 2. The van der Waals surface area contributed by atoms with E-state index < -0.39 is 0 Å². The minimum absolute atomic E-state index is 0.100. The molecule has 2 N–H and O–H groups in total. The zero-order valence-electron chi connectivity index (χ0n) is 9.67. The third kappa shape index (κ3) is 1.89. The van der Waals surface area contributed by atoms with Gasteiger partial charge in [0.25, 0.3) is 0 Å². The van der Waals surface area contributed by atoms with Crippen LogP contribution in [0.5, 0.6) is 0 Å². The van der Waals surface area contributed by atoms with Crippen molar-refractivity contribution in [3.63, 3.8) is 0 Å². The normalized spacial score (nSPS) is 15.8. The van der Waals surface area contributed by atoms with Crippen LogP contribution in [0, 0.1) is 5.41 Å². The first-order chi connectivity index (χ1) is 6.98. The monoisotopic (exact) mass is 202 g/mol. The van der Waals surface area contributed by atoms with Gasteiger partial charge >= 0.3 is 0 Å². The number of hydrogen-bond donors (Lipinski definition) is 1. The van der Waals surface area contributed by atoms with E-state index in [2.05, 4.69) is 37.9 Å². The molecule has 0 spiro atoms. The van der Waals surface area contributed by atoms with Gasteiger partial charge < -0.3 is 5.73 Å². The smallest absolute Gasteiger partial charge is 0.0477 e. The lowest BCUT2D eigenvalue weighted by atomic mass is 9.81. The molecule has 2 nitrogen and oxygen atoms in total. The van der Waals surface area contributed by atoms with Gasteiger partial charge in [0.05, 0.1) is 0 Å². The number of nitrogen functional groups attached to an aromatic ring is 1. The third-order valence-corrected chi connectivity index (χ3v) is 2.75. The second kappa shape index (κ2) is 3.37. The minimum atomic E-state index is 0.100. The summed E-state index contributed by atoms with van der Waals surface area (Å²) >= 11 is 0. The third-order valence-electron chi connectivity index (χ3n) is 2.75. The molecule has 2 heteroatoms. The molecule has 1 aromatic carbocycles. The molecule has 0 amide bonds. The summed E-state index contributed by atoms with van der Waals surface area (Å²) in [4.78, 5) is 4.64. The van der Waals surface area contributed by atoms with Gasteiger partial charge in [-0.1, -0.05) is 26.8 Å². The maximum Gasteiger partial charge on any atom is 0.0477 e. The van der Waals surface area contributed by atoms with E-state index in [0.717, 1.165) is 18.7 Å². The topological polar surface area (TPSA) is 38.4 Å². The van der Waals surface area contributed by atoms with E-state index >= 15 is 0 Å². The number of aliphatic imine (C=N–C) groups is 1. The van der Waals surface area contributed by atoms with Crippen molar-refractivity contribution in [2.24, 2.45) is 10.4 Å². The lowest BCUT2D eigenvalue weighted by Crippen LogP contribution is -2.26. The second-order valence-corrected chi connectivity index (χ2v) is 5.15. The molecular formula is C13H18N2. The molecule has 15 heavy (non-hydrogen) atoms. The van der Waals surface area contributed by atoms with E-state index in [9.17, 15) is 0 Å². The van der Waals surface area contributed by atoms with Crippen LogP contribution in [0.3, 0.4) is 0 Å². The Kier molecular flexibility index (Phi) is 2.29.